The molecule has 0 atom stereocenters. The number of rotatable bonds is 6. The van der Waals surface area contributed by atoms with Crippen molar-refractivity contribution in [2.24, 2.45) is 5.10 Å². The van der Waals surface area contributed by atoms with Gasteiger partial charge in [-0.15, -0.1) is 0 Å². The Kier molecular flexibility index (Phi) is 6.63. The fourth-order valence-electron chi connectivity index (χ4n) is 3.70. The molecule has 5 rings (SSSR count). The van der Waals surface area contributed by atoms with E-state index >= 15 is 0 Å². The highest BCUT2D eigenvalue weighted by Gasteiger charge is 2.16. The van der Waals surface area contributed by atoms with Crippen molar-refractivity contribution in [3.8, 4) is 28.1 Å². The lowest BCUT2D eigenvalue weighted by Crippen LogP contribution is -2.18. The van der Waals surface area contributed by atoms with Crippen LogP contribution in [0.15, 0.2) is 125 Å². The molecule has 1 N–H and O–H groups in total. The van der Waals surface area contributed by atoms with Gasteiger partial charge in [-0.1, -0.05) is 101 Å². The molecule has 5 aromatic rings. The van der Waals surface area contributed by atoms with E-state index in [4.69, 9.17) is 0 Å². The van der Waals surface area contributed by atoms with Gasteiger partial charge in [-0.2, -0.15) is 10.2 Å². The van der Waals surface area contributed by atoms with Crippen LogP contribution in [0, 0.1) is 0 Å². The molecular formula is C29H21BrN4O. The third-order valence-electron chi connectivity index (χ3n) is 5.48. The van der Waals surface area contributed by atoms with Gasteiger partial charge in [0, 0.05) is 10.0 Å². The number of aromatic nitrogens is 2. The summed E-state index contributed by atoms with van der Waals surface area (Å²) in [7, 11) is 0. The Labute approximate surface area is 211 Å². The zero-order chi connectivity index (χ0) is 24.0. The molecule has 5 nitrogen and oxygen atoms in total. The maximum absolute atomic E-state index is 12.8. The van der Waals surface area contributed by atoms with E-state index < -0.39 is 0 Å². The number of nitrogens with one attached hydrogen (secondary N) is 1. The minimum Gasteiger partial charge on any atom is -0.265 e. The molecule has 0 aliphatic carbocycles. The molecule has 0 saturated carbocycles. The Morgan fingerprint density at radius 1 is 0.771 bits per heavy atom. The summed E-state index contributed by atoms with van der Waals surface area (Å²) in [5, 5.41) is 8.69. The van der Waals surface area contributed by atoms with Gasteiger partial charge in [0.05, 0.1) is 17.6 Å². The third-order valence-corrected chi connectivity index (χ3v) is 6.01. The van der Waals surface area contributed by atoms with Crippen LogP contribution < -0.4 is 5.43 Å². The van der Waals surface area contributed by atoms with Crippen LogP contribution in [-0.4, -0.2) is 21.9 Å². The van der Waals surface area contributed by atoms with E-state index in [9.17, 15) is 4.79 Å². The number of para-hydroxylation sites is 1. The molecule has 0 unspecified atom stereocenters. The largest absolute Gasteiger partial charge is 0.291 e. The molecule has 1 aromatic heterocycles. The summed E-state index contributed by atoms with van der Waals surface area (Å²) in [4.78, 5) is 12.8. The summed E-state index contributed by atoms with van der Waals surface area (Å²) in [5.74, 6) is -0.379. The van der Waals surface area contributed by atoms with Crippen LogP contribution >= 0.6 is 15.9 Å². The fraction of sp³-hybridized carbons (Fsp3) is 0. The van der Waals surface area contributed by atoms with Crippen molar-refractivity contribution in [3.05, 3.63) is 131 Å². The molecule has 6 heteroatoms. The number of carbonyl (C=O) groups excluding carboxylic acids is 1. The van der Waals surface area contributed by atoms with Gasteiger partial charge in [0.15, 0.2) is 5.69 Å². The number of hydrogen-bond acceptors (Lipinski definition) is 3. The summed E-state index contributed by atoms with van der Waals surface area (Å²) >= 11 is 3.41. The van der Waals surface area contributed by atoms with E-state index in [-0.39, 0.29) is 11.6 Å². The number of halogens is 1. The highest BCUT2D eigenvalue weighted by Crippen LogP contribution is 2.27. The van der Waals surface area contributed by atoms with Crippen LogP contribution in [0.5, 0.6) is 0 Å². The topological polar surface area (TPSA) is 59.3 Å². The predicted octanol–water partition coefficient (Wildman–Crippen LogP) is 6.73. The van der Waals surface area contributed by atoms with Crippen molar-refractivity contribution in [3.63, 3.8) is 0 Å². The lowest BCUT2D eigenvalue weighted by Gasteiger charge is -2.08. The summed E-state index contributed by atoms with van der Waals surface area (Å²) in [6.07, 6.45) is 1.60. The summed E-state index contributed by atoms with van der Waals surface area (Å²) in [6.45, 7) is 0. The lowest BCUT2D eigenvalue weighted by atomic mass is 10.0. The van der Waals surface area contributed by atoms with Gasteiger partial charge >= 0.3 is 0 Å². The van der Waals surface area contributed by atoms with Crippen molar-refractivity contribution in [2.45, 2.75) is 0 Å². The molecule has 0 bridgehead atoms. The number of hydrogen-bond donors (Lipinski definition) is 1. The Morgan fingerprint density at radius 3 is 2.06 bits per heavy atom. The van der Waals surface area contributed by atoms with Crippen molar-refractivity contribution in [2.75, 3.05) is 0 Å². The van der Waals surface area contributed by atoms with Crippen LogP contribution in [0.2, 0.25) is 0 Å². The zero-order valence-corrected chi connectivity index (χ0v) is 20.3. The first-order valence-corrected chi connectivity index (χ1v) is 11.9. The van der Waals surface area contributed by atoms with Gasteiger partial charge in [0.2, 0.25) is 0 Å². The number of hydrazone groups is 1. The van der Waals surface area contributed by atoms with Crippen molar-refractivity contribution in [1.82, 2.24) is 15.2 Å². The Bertz CT molecular complexity index is 1460. The Morgan fingerprint density at radius 2 is 1.37 bits per heavy atom. The van der Waals surface area contributed by atoms with Gasteiger partial charge < -0.3 is 0 Å². The molecule has 0 radical (unpaired) electrons. The van der Waals surface area contributed by atoms with Crippen LogP contribution in [0.3, 0.4) is 0 Å². The van der Waals surface area contributed by atoms with Crippen LogP contribution in [0.4, 0.5) is 0 Å². The van der Waals surface area contributed by atoms with E-state index in [2.05, 4.69) is 55.8 Å². The smallest absolute Gasteiger partial charge is 0.265 e. The van der Waals surface area contributed by atoms with Crippen LogP contribution in [0.25, 0.3) is 28.1 Å². The summed E-state index contributed by atoms with van der Waals surface area (Å²) in [5.41, 5.74) is 8.66. The number of carbonyl (C=O) groups is 1. The molecule has 35 heavy (non-hydrogen) atoms. The number of amides is 1. The monoisotopic (exact) mass is 520 g/mol. The highest BCUT2D eigenvalue weighted by atomic mass is 79.9. The van der Waals surface area contributed by atoms with E-state index in [0.717, 1.165) is 38.1 Å². The minimum absolute atomic E-state index is 0.281. The van der Waals surface area contributed by atoms with E-state index in [1.54, 1.807) is 17.0 Å². The number of benzene rings is 4. The molecule has 0 saturated heterocycles. The highest BCUT2D eigenvalue weighted by molar-refractivity contribution is 9.10. The molecule has 170 valence electrons. The maximum atomic E-state index is 12.8. The third kappa shape index (κ3) is 5.28. The molecule has 4 aromatic carbocycles. The molecule has 1 amide bonds. The summed E-state index contributed by atoms with van der Waals surface area (Å²) in [6, 6.07) is 37.7. The van der Waals surface area contributed by atoms with Crippen molar-refractivity contribution in [1.29, 1.82) is 0 Å². The second kappa shape index (κ2) is 10.3. The first-order valence-electron chi connectivity index (χ1n) is 11.1. The van der Waals surface area contributed by atoms with Gasteiger partial charge in [-0.05, 0) is 47.0 Å². The predicted molar refractivity (Wildman–Crippen MR) is 144 cm³/mol. The Balaban J connectivity index is 1.44. The van der Waals surface area contributed by atoms with Gasteiger partial charge in [0.1, 0.15) is 0 Å². The second-order valence-electron chi connectivity index (χ2n) is 7.86. The van der Waals surface area contributed by atoms with E-state index in [1.807, 2.05) is 84.9 Å². The molecule has 0 fully saturated rings. The van der Waals surface area contributed by atoms with Crippen LogP contribution in [0.1, 0.15) is 16.1 Å². The Hall–Kier alpha value is -4.29. The van der Waals surface area contributed by atoms with Crippen molar-refractivity contribution < 1.29 is 4.79 Å². The SMILES string of the molecule is O=C(N/N=C\c1ccc(Br)cc1)c1cc(-c2ccc(-c3ccccc3)cc2)n(-c2ccccc2)n1. The van der Waals surface area contributed by atoms with Gasteiger partial charge in [-0.25, -0.2) is 10.1 Å². The average Bonchev–Trinajstić information content (AvgIpc) is 3.37. The minimum atomic E-state index is -0.379. The lowest BCUT2D eigenvalue weighted by molar-refractivity contribution is 0.0949. The average molecular weight is 521 g/mol. The molecule has 0 aliphatic heterocycles. The maximum Gasteiger partial charge on any atom is 0.291 e. The van der Waals surface area contributed by atoms with E-state index in [0.29, 0.717) is 0 Å². The molecule has 1 heterocycles. The van der Waals surface area contributed by atoms with Crippen LogP contribution in [-0.2, 0) is 0 Å². The quantitative estimate of drug-likeness (QED) is 0.199. The summed E-state index contributed by atoms with van der Waals surface area (Å²) < 4.78 is 2.76. The van der Waals surface area contributed by atoms with Crippen molar-refractivity contribution >= 4 is 28.1 Å². The van der Waals surface area contributed by atoms with Gasteiger partial charge in [-0.3, -0.25) is 4.79 Å². The first-order chi connectivity index (χ1) is 17.2. The zero-order valence-electron chi connectivity index (χ0n) is 18.7. The molecule has 0 spiro atoms. The molecular weight excluding hydrogens is 500 g/mol. The number of nitrogens with zero attached hydrogens (tertiary/aromatic N) is 3. The van der Waals surface area contributed by atoms with E-state index in [1.165, 1.54) is 0 Å². The fourth-order valence-corrected chi connectivity index (χ4v) is 3.96. The standard InChI is InChI=1S/C29H21BrN4O/c30-25-17-11-21(12-18-25)20-31-32-29(35)27-19-28(34(33-27)26-9-5-2-6-10-26)24-15-13-23(14-16-24)22-7-3-1-4-8-22/h1-20H,(H,32,35)/b31-20-. The first kappa shape index (κ1) is 22.5. The van der Waals surface area contributed by atoms with Gasteiger partial charge in [0.25, 0.3) is 5.91 Å². The molecule has 0 aliphatic rings. The normalized spacial score (nSPS) is 11.0. The second-order valence-corrected chi connectivity index (χ2v) is 8.77.